The summed E-state index contributed by atoms with van der Waals surface area (Å²) in [4.78, 5) is 2.40. The van der Waals surface area contributed by atoms with Crippen LogP contribution in [0.15, 0.2) is 0 Å². The van der Waals surface area contributed by atoms with Crippen molar-refractivity contribution in [1.29, 1.82) is 0 Å². The number of nitrogens with one attached hydrogen (secondary N) is 1. The van der Waals surface area contributed by atoms with Crippen molar-refractivity contribution < 1.29 is 9.47 Å². The Morgan fingerprint density at radius 1 is 1.32 bits per heavy atom. The minimum absolute atomic E-state index is 0.180. The number of likely N-dealkylation sites (N-methyl/N-ethyl adjacent to an activating group) is 1. The molecule has 3 atom stereocenters. The maximum Gasteiger partial charge on any atom is 0.171 e. The molecule has 0 aromatic rings. The topological polar surface area (TPSA) is 33.7 Å². The molecule has 19 heavy (non-hydrogen) atoms. The van der Waals surface area contributed by atoms with E-state index in [0.717, 1.165) is 12.5 Å². The molecule has 0 saturated heterocycles. The van der Waals surface area contributed by atoms with Gasteiger partial charge < -0.3 is 19.7 Å². The fourth-order valence-corrected chi connectivity index (χ4v) is 3.31. The molecular weight excluding hydrogens is 240 g/mol. The highest BCUT2D eigenvalue weighted by Crippen LogP contribution is 2.35. The lowest BCUT2D eigenvalue weighted by atomic mass is 9.75. The second kappa shape index (κ2) is 7.58. The second-order valence-corrected chi connectivity index (χ2v) is 6.33. The fraction of sp³-hybridized carbons (Fsp3) is 1.00. The van der Waals surface area contributed by atoms with E-state index in [2.05, 4.69) is 38.2 Å². The lowest BCUT2D eigenvalue weighted by Crippen LogP contribution is -2.56. The molecule has 0 radical (unpaired) electrons. The van der Waals surface area contributed by atoms with E-state index in [-0.39, 0.29) is 17.9 Å². The van der Waals surface area contributed by atoms with Crippen LogP contribution in [0.4, 0.5) is 0 Å². The van der Waals surface area contributed by atoms with Gasteiger partial charge in [-0.1, -0.05) is 19.8 Å². The van der Waals surface area contributed by atoms with E-state index in [1.807, 2.05) is 0 Å². The molecule has 0 bridgehead atoms. The maximum atomic E-state index is 5.32. The van der Waals surface area contributed by atoms with Crippen LogP contribution >= 0.6 is 0 Å². The number of rotatable bonds is 7. The third-order valence-corrected chi connectivity index (χ3v) is 4.64. The van der Waals surface area contributed by atoms with Crippen LogP contribution < -0.4 is 5.32 Å². The Hall–Kier alpha value is -0.160. The monoisotopic (exact) mass is 272 g/mol. The zero-order valence-corrected chi connectivity index (χ0v) is 13.5. The SMILES string of the molecule is COC(OC)C(C)NCC1(N(C)C)CCCC(C)C1. The van der Waals surface area contributed by atoms with Crippen LogP contribution in [0.3, 0.4) is 0 Å². The highest BCUT2D eigenvalue weighted by atomic mass is 16.7. The van der Waals surface area contributed by atoms with Gasteiger partial charge in [-0.3, -0.25) is 0 Å². The van der Waals surface area contributed by atoms with Crippen molar-refractivity contribution >= 4 is 0 Å². The average Bonchev–Trinajstić information content (AvgIpc) is 2.37. The lowest BCUT2D eigenvalue weighted by molar-refractivity contribution is -0.121. The van der Waals surface area contributed by atoms with Gasteiger partial charge >= 0.3 is 0 Å². The predicted molar refractivity (Wildman–Crippen MR) is 79.3 cm³/mol. The lowest BCUT2D eigenvalue weighted by Gasteiger charge is -2.46. The molecule has 114 valence electrons. The van der Waals surface area contributed by atoms with Crippen LogP contribution in [-0.4, -0.2) is 57.6 Å². The van der Waals surface area contributed by atoms with Crippen LogP contribution in [0.1, 0.15) is 39.5 Å². The molecule has 1 aliphatic carbocycles. The molecule has 0 spiro atoms. The molecule has 0 amide bonds. The summed E-state index contributed by atoms with van der Waals surface area (Å²) in [7, 11) is 7.79. The van der Waals surface area contributed by atoms with Gasteiger partial charge in [0.25, 0.3) is 0 Å². The van der Waals surface area contributed by atoms with Crippen molar-refractivity contribution in [3.05, 3.63) is 0 Å². The number of nitrogens with zero attached hydrogens (tertiary/aromatic N) is 1. The predicted octanol–water partition coefficient (Wildman–Crippen LogP) is 2.09. The Morgan fingerprint density at radius 2 is 1.95 bits per heavy atom. The fourth-order valence-electron chi connectivity index (χ4n) is 3.31. The molecule has 0 aromatic carbocycles. The highest BCUT2D eigenvalue weighted by Gasteiger charge is 2.37. The van der Waals surface area contributed by atoms with E-state index in [4.69, 9.17) is 9.47 Å². The average molecular weight is 272 g/mol. The van der Waals surface area contributed by atoms with Gasteiger partial charge in [0, 0.05) is 26.3 Å². The number of ether oxygens (including phenoxy) is 2. The first kappa shape index (κ1) is 16.9. The Balaban J connectivity index is 2.59. The minimum atomic E-state index is -0.180. The summed E-state index contributed by atoms with van der Waals surface area (Å²) in [6.07, 6.45) is 5.05. The van der Waals surface area contributed by atoms with Crippen LogP contribution in [0.5, 0.6) is 0 Å². The van der Waals surface area contributed by atoms with Crippen LogP contribution in [0, 0.1) is 5.92 Å². The Labute approximate surface area is 118 Å². The summed E-state index contributed by atoms with van der Waals surface area (Å²) in [5.41, 5.74) is 0.276. The van der Waals surface area contributed by atoms with Crippen LogP contribution in [0.25, 0.3) is 0 Å². The molecule has 1 fully saturated rings. The summed E-state index contributed by atoms with van der Waals surface area (Å²) in [5.74, 6) is 0.814. The molecule has 4 heteroatoms. The van der Waals surface area contributed by atoms with Gasteiger partial charge in [0.1, 0.15) is 0 Å². The minimum Gasteiger partial charge on any atom is -0.354 e. The zero-order valence-electron chi connectivity index (χ0n) is 13.5. The molecule has 0 heterocycles. The molecule has 1 rings (SSSR count). The van der Waals surface area contributed by atoms with Crippen molar-refractivity contribution in [3.8, 4) is 0 Å². The summed E-state index contributed by atoms with van der Waals surface area (Å²) in [6, 6.07) is 0.198. The van der Waals surface area contributed by atoms with Crippen molar-refractivity contribution in [1.82, 2.24) is 10.2 Å². The van der Waals surface area contributed by atoms with Gasteiger partial charge in [-0.05, 0) is 39.8 Å². The first-order chi connectivity index (χ1) is 8.95. The molecule has 3 unspecified atom stereocenters. The number of methoxy groups -OCH3 is 2. The Kier molecular flexibility index (Phi) is 6.74. The van der Waals surface area contributed by atoms with Gasteiger partial charge in [0.2, 0.25) is 0 Å². The van der Waals surface area contributed by atoms with Crippen molar-refractivity contribution in [2.24, 2.45) is 5.92 Å². The molecular formula is C15H32N2O2. The van der Waals surface area contributed by atoms with Crippen molar-refractivity contribution in [2.75, 3.05) is 34.9 Å². The van der Waals surface area contributed by atoms with E-state index in [1.54, 1.807) is 14.2 Å². The van der Waals surface area contributed by atoms with E-state index in [0.29, 0.717) is 0 Å². The van der Waals surface area contributed by atoms with E-state index in [1.165, 1.54) is 25.7 Å². The smallest absolute Gasteiger partial charge is 0.171 e. The van der Waals surface area contributed by atoms with Gasteiger partial charge in [-0.2, -0.15) is 0 Å². The summed E-state index contributed by atoms with van der Waals surface area (Å²) >= 11 is 0. The Bertz CT molecular complexity index is 257. The van der Waals surface area contributed by atoms with Crippen LogP contribution in [-0.2, 0) is 9.47 Å². The van der Waals surface area contributed by atoms with Gasteiger partial charge in [0.15, 0.2) is 6.29 Å². The summed E-state index contributed by atoms with van der Waals surface area (Å²) in [5, 5.41) is 3.61. The third-order valence-electron chi connectivity index (χ3n) is 4.64. The van der Waals surface area contributed by atoms with E-state index < -0.39 is 0 Å². The first-order valence-electron chi connectivity index (χ1n) is 7.41. The maximum absolute atomic E-state index is 5.32. The second-order valence-electron chi connectivity index (χ2n) is 6.33. The van der Waals surface area contributed by atoms with Gasteiger partial charge in [-0.25, -0.2) is 0 Å². The normalized spacial score (nSPS) is 30.0. The molecule has 4 nitrogen and oxygen atoms in total. The van der Waals surface area contributed by atoms with Crippen molar-refractivity contribution in [3.63, 3.8) is 0 Å². The van der Waals surface area contributed by atoms with E-state index >= 15 is 0 Å². The standard InChI is InChI=1S/C15H32N2O2/c1-12-8-7-9-15(10-12,17(3)4)11-16-13(2)14(18-5)19-6/h12-14,16H,7-11H2,1-6H3. The Morgan fingerprint density at radius 3 is 2.42 bits per heavy atom. The summed E-state index contributed by atoms with van der Waals surface area (Å²) < 4.78 is 10.6. The van der Waals surface area contributed by atoms with Crippen LogP contribution in [0.2, 0.25) is 0 Å². The van der Waals surface area contributed by atoms with E-state index in [9.17, 15) is 0 Å². The zero-order chi connectivity index (χ0) is 14.5. The number of hydrogen-bond donors (Lipinski definition) is 1. The summed E-state index contributed by atoms with van der Waals surface area (Å²) in [6.45, 7) is 5.48. The largest absolute Gasteiger partial charge is 0.354 e. The molecule has 1 saturated carbocycles. The molecule has 1 aliphatic rings. The highest BCUT2D eigenvalue weighted by molar-refractivity contribution is 4.95. The molecule has 0 aliphatic heterocycles. The molecule has 0 aromatic heterocycles. The first-order valence-corrected chi connectivity index (χ1v) is 7.41. The third kappa shape index (κ3) is 4.42. The van der Waals surface area contributed by atoms with Gasteiger partial charge in [0.05, 0.1) is 6.04 Å². The number of hydrogen-bond acceptors (Lipinski definition) is 4. The van der Waals surface area contributed by atoms with Crippen molar-refractivity contribution in [2.45, 2.75) is 57.4 Å². The van der Waals surface area contributed by atoms with Gasteiger partial charge in [-0.15, -0.1) is 0 Å². The quantitative estimate of drug-likeness (QED) is 0.720. The molecule has 1 N–H and O–H groups in total.